The number of carbonyl (C=O) groups is 1. The third-order valence-electron chi connectivity index (χ3n) is 1.19. The molecule has 4 nitrogen and oxygen atoms in total. The van der Waals surface area contributed by atoms with Crippen molar-refractivity contribution in [3.05, 3.63) is 18.3 Å². The van der Waals surface area contributed by atoms with Gasteiger partial charge in [-0.05, 0) is 13.0 Å². The molecule has 0 aromatic carbocycles. The van der Waals surface area contributed by atoms with Crippen LogP contribution in [0.4, 0.5) is 4.79 Å². The molecule has 1 aromatic rings. The summed E-state index contributed by atoms with van der Waals surface area (Å²) in [5.41, 5.74) is 0. The van der Waals surface area contributed by atoms with Crippen molar-refractivity contribution in [3.8, 4) is 5.88 Å². The van der Waals surface area contributed by atoms with E-state index in [4.69, 9.17) is 5.11 Å². The molecule has 0 aliphatic heterocycles. The highest BCUT2D eigenvalue weighted by atomic mass is 16.5. The smallest absolute Gasteiger partial charge is 0.420 e. The summed E-state index contributed by atoms with van der Waals surface area (Å²) in [6.45, 7) is 2.01. The number of hydrogen-bond donors (Lipinski definition) is 1. The van der Waals surface area contributed by atoms with Gasteiger partial charge in [-0.1, -0.05) is 0 Å². The van der Waals surface area contributed by atoms with Crippen LogP contribution in [0.25, 0.3) is 0 Å². The van der Waals surface area contributed by atoms with Crippen molar-refractivity contribution in [1.82, 2.24) is 4.57 Å². The van der Waals surface area contributed by atoms with Crippen molar-refractivity contribution in [2.75, 3.05) is 6.61 Å². The number of aromatic nitrogens is 1. The van der Waals surface area contributed by atoms with Gasteiger partial charge in [0.25, 0.3) is 0 Å². The molecule has 0 spiro atoms. The molecule has 0 radical (unpaired) electrons. The molecule has 11 heavy (non-hydrogen) atoms. The predicted octanol–water partition coefficient (Wildman–Crippen LogP) is 1.20. The first-order valence-corrected chi connectivity index (χ1v) is 3.29. The largest absolute Gasteiger partial charge is 0.494 e. The Hall–Kier alpha value is -1.45. The lowest BCUT2D eigenvalue weighted by Gasteiger charge is -2.01. The number of aromatic hydroxyl groups is 1. The van der Waals surface area contributed by atoms with E-state index in [1.165, 1.54) is 12.3 Å². The van der Waals surface area contributed by atoms with Crippen LogP contribution in [-0.2, 0) is 4.74 Å². The molecule has 0 fully saturated rings. The predicted molar refractivity (Wildman–Crippen MR) is 38.5 cm³/mol. The van der Waals surface area contributed by atoms with Gasteiger partial charge in [0.15, 0.2) is 0 Å². The Morgan fingerprint density at radius 2 is 2.55 bits per heavy atom. The molecular weight excluding hydrogens is 146 g/mol. The zero-order valence-corrected chi connectivity index (χ0v) is 6.15. The van der Waals surface area contributed by atoms with Gasteiger partial charge >= 0.3 is 6.09 Å². The first-order valence-electron chi connectivity index (χ1n) is 3.29. The molecular formula is C7H9NO3. The van der Waals surface area contributed by atoms with Crippen LogP contribution >= 0.6 is 0 Å². The van der Waals surface area contributed by atoms with Gasteiger partial charge in [-0.3, -0.25) is 0 Å². The number of ether oxygens (including phenoxy) is 1. The van der Waals surface area contributed by atoms with E-state index in [0.29, 0.717) is 6.61 Å². The van der Waals surface area contributed by atoms with Gasteiger partial charge in [-0.2, -0.15) is 0 Å². The fraction of sp³-hybridized carbons (Fsp3) is 0.286. The van der Waals surface area contributed by atoms with Gasteiger partial charge in [0, 0.05) is 12.3 Å². The fourth-order valence-electron chi connectivity index (χ4n) is 0.719. The van der Waals surface area contributed by atoms with Gasteiger partial charge in [0.05, 0.1) is 6.61 Å². The number of hydrogen-bond acceptors (Lipinski definition) is 3. The first kappa shape index (κ1) is 7.65. The van der Waals surface area contributed by atoms with Crippen molar-refractivity contribution < 1.29 is 14.6 Å². The van der Waals surface area contributed by atoms with Gasteiger partial charge in [-0.15, -0.1) is 0 Å². The van der Waals surface area contributed by atoms with Crippen LogP contribution in [0.5, 0.6) is 5.88 Å². The van der Waals surface area contributed by atoms with E-state index >= 15 is 0 Å². The van der Waals surface area contributed by atoms with E-state index in [9.17, 15) is 4.79 Å². The van der Waals surface area contributed by atoms with E-state index in [1.807, 2.05) is 0 Å². The highest BCUT2D eigenvalue weighted by Crippen LogP contribution is 2.08. The quantitative estimate of drug-likeness (QED) is 0.662. The van der Waals surface area contributed by atoms with Crippen molar-refractivity contribution in [1.29, 1.82) is 0 Å². The molecule has 0 aliphatic rings. The van der Waals surface area contributed by atoms with Crippen molar-refractivity contribution >= 4 is 6.09 Å². The monoisotopic (exact) mass is 155 g/mol. The molecule has 1 N–H and O–H groups in total. The molecule has 0 atom stereocenters. The Morgan fingerprint density at radius 1 is 1.82 bits per heavy atom. The Kier molecular flexibility index (Phi) is 2.15. The average molecular weight is 155 g/mol. The van der Waals surface area contributed by atoms with E-state index < -0.39 is 6.09 Å². The topological polar surface area (TPSA) is 51.5 Å². The minimum absolute atomic E-state index is 0.108. The Bertz CT molecular complexity index is 254. The van der Waals surface area contributed by atoms with Crippen molar-refractivity contribution in [2.24, 2.45) is 0 Å². The fourth-order valence-corrected chi connectivity index (χ4v) is 0.719. The lowest BCUT2D eigenvalue weighted by molar-refractivity contribution is 0.151. The zero-order chi connectivity index (χ0) is 8.27. The van der Waals surface area contributed by atoms with E-state index in [2.05, 4.69) is 4.74 Å². The highest BCUT2D eigenvalue weighted by molar-refractivity contribution is 5.72. The molecule has 0 saturated heterocycles. The van der Waals surface area contributed by atoms with Crippen LogP contribution in [-0.4, -0.2) is 22.4 Å². The minimum Gasteiger partial charge on any atom is -0.494 e. The maximum absolute atomic E-state index is 10.9. The van der Waals surface area contributed by atoms with Crippen LogP contribution in [0.1, 0.15) is 6.92 Å². The highest BCUT2D eigenvalue weighted by Gasteiger charge is 2.06. The van der Waals surface area contributed by atoms with E-state index in [0.717, 1.165) is 4.57 Å². The van der Waals surface area contributed by atoms with Crippen molar-refractivity contribution in [2.45, 2.75) is 6.92 Å². The van der Waals surface area contributed by atoms with Crippen LogP contribution in [0.3, 0.4) is 0 Å². The maximum atomic E-state index is 10.9. The molecule has 1 rings (SSSR count). The molecule has 1 aromatic heterocycles. The normalized spacial score (nSPS) is 9.55. The van der Waals surface area contributed by atoms with E-state index in [-0.39, 0.29) is 5.88 Å². The molecule has 0 aliphatic carbocycles. The lowest BCUT2D eigenvalue weighted by Crippen LogP contribution is -2.11. The number of rotatable bonds is 1. The average Bonchev–Trinajstić information content (AvgIpc) is 2.36. The Labute approximate surface area is 64.0 Å². The number of carbonyl (C=O) groups excluding carboxylic acids is 1. The molecule has 60 valence electrons. The van der Waals surface area contributed by atoms with Crippen LogP contribution in [0, 0.1) is 0 Å². The van der Waals surface area contributed by atoms with Crippen LogP contribution < -0.4 is 0 Å². The third kappa shape index (κ3) is 1.52. The molecule has 0 bridgehead atoms. The second-order valence-corrected chi connectivity index (χ2v) is 1.94. The third-order valence-corrected chi connectivity index (χ3v) is 1.19. The molecule has 0 amide bonds. The van der Waals surface area contributed by atoms with Gasteiger partial charge in [0.2, 0.25) is 5.88 Å². The van der Waals surface area contributed by atoms with Gasteiger partial charge in [-0.25, -0.2) is 9.36 Å². The number of nitrogens with zero attached hydrogens (tertiary/aromatic N) is 1. The summed E-state index contributed by atoms with van der Waals surface area (Å²) in [6, 6.07) is 2.98. The van der Waals surface area contributed by atoms with Crippen LogP contribution in [0.15, 0.2) is 18.3 Å². The first-order chi connectivity index (χ1) is 5.25. The SMILES string of the molecule is CCOC(=O)n1cccc1O. The molecule has 4 heteroatoms. The summed E-state index contributed by atoms with van der Waals surface area (Å²) >= 11 is 0. The summed E-state index contributed by atoms with van der Waals surface area (Å²) in [7, 11) is 0. The van der Waals surface area contributed by atoms with Gasteiger partial charge in [0.1, 0.15) is 0 Å². The molecule has 0 unspecified atom stereocenters. The lowest BCUT2D eigenvalue weighted by atomic mass is 10.7. The summed E-state index contributed by atoms with van der Waals surface area (Å²) in [5.74, 6) is -0.108. The van der Waals surface area contributed by atoms with Crippen LogP contribution in [0.2, 0.25) is 0 Å². The summed E-state index contributed by atoms with van der Waals surface area (Å²) in [6.07, 6.45) is 0.878. The second-order valence-electron chi connectivity index (χ2n) is 1.94. The van der Waals surface area contributed by atoms with Crippen molar-refractivity contribution in [3.63, 3.8) is 0 Å². The Balaban J connectivity index is 2.76. The summed E-state index contributed by atoms with van der Waals surface area (Å²) in [4.78, 5) is 10.9. The zero-order valence-electron chi connectivity index (χ0n) is 6.15. The Morgan fingerprint density at radius 3 is 3.00 bits per heavy atom. The molecule has 0 saturated carbocycles. The standard InChI is InChI=1S/C7H9NO3/c1-2-11-7(10)8-5-3-4-6(8)9/h3-5,9H,2H2,1H3. The minimum atomic E-state index is -0.560. The van der Waals surface area contributed by atoms with Gasteiger partial charge < -0.3 is 9.84 Å². The maximum Gasteiger partial charge on any atom is 0.420 e. The summed E-state index contributed by atoms with van der Waals surface area (Å²) in [5, 5.41) is 9.01. The molecule has 1 heterocycles. The van der Waals surface area contributed by atoms with E-state index in [1.54, 1.807) is 13.0 Å². The summed E-state index contributed by atoms with van der Waals surface area (Å²) < 4.78 is 5.66. The second kappa shape index (κ2) is 3.09.